The predicted octanol–water partition coefficient (Wildman–Crippen LogP) is 1.94. The number of rotatable bonds is 9. The van der Waals surface area contributed by atoms with Crippen LogP contribution in [0.25, 0.3) is 0 Å². The fraction of sp³-hybridized carbons (Fsp3) is 0.643. The van der Waals surface area contributed by atoms with E-state index in [4.69, 9.17) is 0 Å². The van der Waals surface area contributed by atoms with Crippen molar-refractivity contribution in [3.05, 3.63) is 11.8 Å². The van der Waals surface area contributed by atoms with Crippen molar-refractivity contribution in [2.75, 3.05) is 30.3 Å². The van der Waals surface area contributed by atoms with E-state index in [1.54, 1.807) is 0 Å². The molecule has 3 N–H and O–H groups in total. The summed E-state index contributed by atoms with van der Waals surface area (Å²) in [7, 11) is 0. The molecule has 0 aliphatic rings. The second-order valence-electron chi connectivity index (χ2n) is 4.63. The Hall–Kier alpha value is -1.85. The Balaban J connectivity index is 2.32. The van der Waals surface area contributed by atoms with E-state index in [2.05, 4.69) is 32.8 Å². The summed E-state index contributed by atoms with van der Waals surface area (Å²) in [5, 5.41) is 9.16. The summed E-state index contributed by atoms with van der Waals surface area (Å²) in [6.07, 6.45) is 2.59. The lowest BCUT2D eigenvalue weighted by molar-refractivity contribution is -0.121. The zero-order chi connectivity index (χ0) is 14.8. The van der Waals surface area contributed by atoms with Crippen molar-refractivity contribution in [1.82, 2.24) is 15.3 Å². The minimum absolute atomic E-state index is 0.112. The highest BCUT2D eigenvalue weighted by Gasteiger charge is 2.02. The maximum absolute atomic E-state index is 11.4. The van der Waals surface area contributed by atoms with Crippen LogP contribution >= 0.6 is 0 Å². The molecule has 0 saturated carbocycles. The molecular formula is C14H25N5O. The van der Waals surface area contributed by atoms with Gasteiger partial charge in [0, 0.05) is 37.8 Å². The maximum Gasteiger partial charge on any atom is 0.224 e. The van der Waals surface area contributed by atoms with Crippen LogP contribution in [0.5, 0.6) is 0 Å². The quantitative estimate of drug-likeness (QED) is 0.602. The Morgan fingerprint density at radius 1 is 1.20 bits per heavy atom. The van der Waals surface area contributed by atoms with Crippen molar-refractivity contribution < 1.29 is 4.79 Å². The van der Waals surface area contributed by atoms with Crippen molar-refractivity contribution in [3.63, 3.8) is 0 Å². The molecule has 1 aromatic rings. The smallest absolute Gasteiger partial charge is 0.224 e. The van der Waals surface area contributed by atoms with E-state index < -0.39 is 0 Å². The Morgan fingerprint density at radius 2 is 2.00 bits per heavy atom. The van der Waals surface area contributed by atoms with Gasteiger partial charge >= 0.3 is 0 Å². The maximum atomic E-state index is 11.4. The predicted molar refractivity (Wildman–Crippen MR) is 82.0 cm³/mol. The lowest BCUT2D eigenvalue weighted by Crippen LogP contribution is -2.28. The molecule has 0 bridgehead atoms. The second kappa shape index (κ2) is 9.12. The van der Waals surface area contributed by atoms with Gasteiger partial charge in [-0.05, 0) is 20.3 Å². The Kier molecular flexibility index (Phi) is 7.39. The standard InChI is InChI=1S/C14H25N5O/c1-4-6-7-13(20)17-9-8-16-12-10-11(3)18-14(19-12)15-5-2/h10H,4-9H2,1-3H3,(H,17,20)(H2,15,16,18,19). The van der Waals surface area contributed by atoms with Crippen LogP contribution in [0.4, 0.5) is 11.8 Å². The topological polar surface area (TPSA) is 78.9 Å². The number of amides is 1. The molecule has 0 saturated heterocycles. The molecule has 0 atom stereocenters. The van der Waals surface area contributed by atoms with Gasteiger partial charge in [-0.2, -0.15) is 4.98 Å². The molecule has 0 aromatic carbocycles. The Labute approximate surface area is 120 Å². The van der Waals surface area contributed by atoms with Crippen molar-refractivity contribution in [3.8, 4) is 0 Å². The summed E-state index contributed by atoms with van der Waals surface area (Å²) in [5.41, 5.74) is 0.908. The lowest BCUT2D eigenvalue weighted by atomic mass is 10.2. The molecule has 1 rings (SSSR count). The van der Waals surface area contributed by atoms with Crippen LogP contribution in [0, 0.1) is 6.92 Å². The minimum atomic E-state index is 0.112. The van der Waals surface area contributed by atoms with Crippen molar-refractivity contribution in [1.29, 1.82) is 0 Å². The van der Waals surface area contributed by atoms with Crippen LogP contribution in [-0.2, 0) is 4.79 Å². The summed E-state index contributed by atoms with van der Waals surface area (Å²) in [4.78, 5) is 20.1. The molecule has 20 heavy (non-hydrogen) atoms. The molecule has 0 fully saturated rings. The average Bonchev–Trinajstić information content (AvgIpc) is 2.41. The second-order valence-corrected chi connectivity index (χ2v) is 4.63. The van der Waals surface area contributed by atoms with Crippen LogP contribution in [0.15, 0.2) is 6.07 Å². The molecule has 1 amide bonds. The van der Waals surface area contributed by atoms with Gasteiger partial charge in [0.05, 0.1) is 0 Å². The first kappa shape index (κ1) is 16.2. The summed E-state index contributed by atoms with van der Waals surface area (Å²) < 4.78 is 0. The molecule has 0 spiro atoms. The van der Waals surface area contributed by atoms with Gasteiger partial charge in [0.2, 0.25) is 11.9 Å². The van der Waals surface area contributed by atoms with Crippen LogP contribution in [0.1, 0.15) is 38.8 Å². The third-order valence-electron chi connectivity index (χ3n) is 2.70. The van der Waals surface area contributed by atoms with E-state index in [9.17, 15) is 4.79 Å². The molecule has 0 unspecified atom stereocenters. The largest absolute Gasteiger partial charge is 0.368 e. The van der Waals surface area contributed by atoms with Gasteiger partial charge in [0.15, 0.2) is 0 Å². The Morgan fingerprint density at radius 3 is 2.70 bits per heavy atom. The van der Waals surface area contributed by atoms with Gasteiger partial charge < -0.3 is 16.0 Å². The molecule has 1 aromatic heterocycles. The number of anilines is 2. The van der Waals surface area contributed by atoms with Gasteiger partial charge in [-0.1, -0.05) is 13.3 Å². The van der Waals surface area contributed by atoms with Gasteiger partial charge in [-0.3, -0.25) is 4.79 Å². The van der Waals surface area contributed by atoms with E-state index in [1.807, 2.05) is 19.9 Å². The summed E-state index contributed by atoms with van der Waals surface area (Å²) in [5.74, 6) is 1.51. The third-order valence-corrected chi connectivity index (χ3v) is 2.70. The van der Waals surface area contributed by atoms with Crippen LogP contribution in [0.2, 0.25) is 0 Å². The fourth-order valence-electron chi connectivity index (χ4n) is 1.71. The van der Waals surface area contributed by atoms with Crippen LogP contribution in [-0.4, -0.2) is 35.5 Å². The van der Waals surface area contributed by atoms with Gasteiger partial charge in [0.1, 0.15) is 5.82 Å². The summed E-state index contributed by atoms with van der Waals surface area (Å²) >= 11 is 0. The number of nitrogens with one attached hydrogen (secondary N) is 3. The van der Waals surface area contributed by atoms with Crippen molar-refractivity contribution in [2.45, 2.75) is 40.0 Å². The molecular weight excluding hydrogens is 254 g/mol. The number of aryl methyl sites for hydroxylation is 1. The number of carbonyl (C=O) groups excluding carboxylic acids is 1. The molecule has 6 nitrogen and oxygen atoms in total. The number of hydrogen-bond donors (Lipinski definition) is 3. The molecule has 112 valence electrons. The number of unbranched alkanes of at least 4 members (excludes halogenated alkanes) is 1. The number of carbonyl (C=O) groups is 1. The molecule has 1 heterocycles. The third kappa shape index (κ3) is 6.36. The monoisotopic (exact) mass is 279 g/mol. The number of nitrogens with zero attached hydrogens (tertiary/aromatic N) is 2. The SMILES string of the molecule is CCCCC(=O)NCCNc1cc(C)nc(NCC)n1. The first-order chi connectivity index (χ1) is 9.65. The number of aromatic nitrogens is 2. The average molecular weight is 279 g/mol. The number of hydrogen-bond acceptors (Lipinski definition) is 5. The minimum Gasteiger partial charge on any atom is -0.368 e. The van der Waals surface area contributed by atoms with Crippen molar-refractivity contribution in [2.24, 2.45) is 0 Å². The fourth-order valence-corrected chi connectivity index (χ4v) is 1.71. The van der Waals surface area contributed by atoms with Crippen molar-refractivity contribution >= 4 is 17.7 Å². The van der Waals surface area contributed by atoms with Gasteiger partial charge in [-0.25, -0.2) is 4.98 Å². The highest BCUT2D eigenvalue weighted by Crippen LogP contribution is 2.08. The van der Waals surface area contributed by atoms with Gasteiger partial charge in [-0.15, -0.1) is 0 Å². The summed E-state index contributed by atoms with van der Waals surface area (Å²) in [6.45, 7) is 8.05. The van der Waals surface area contributed by atoms with Crippen LogP contribution in [0.3, 0.4) is 0 Å². The zero-order valence-electron chi connectivity index (χ0n) is 12.6. The summed E-state index contributed by atoms with van der Waals surface area (Å²) in [6, 6.07) is 1.89. The molecule has 0 radical (unpaired) electrons. The normalized spacial score (nSPS) is 10.2. The molecule has 6 heteroatoms. The highest BCUT2D eigenvalue weighted by molar-refractivity contribution is 5.75. The van der Waals surface area contributed by atoms with E-state index in [0.29, 0.717) is 25.5 Å². The Bertz CT molecular complexity index is 422. The molecule has 0 aliphatic heterocycles. The highest BCUT2D eigenvalue weighted by atomic mass is 16.1. The van der Waals surface area contributed by atoms with E-state index in [0.717, 1.165) is 30.9 Å². The zero-order valence-corrected chi connectivity index (χ0v) is 12.6. The first-order valence-corrected chi connectivity index (χ1v) is 7.25. The lowest BCUT2D eigenvalue weighted by Gasteiger charge is -2.09. The van der Waals surface area contributed by atoms with E-state index in [-0.39, 0.29) is 5.91 Å². The first-order valence-electron chi connectivity index (χ1n) is 7.25. The van der Waals surface area contributed by atoms with E-state index in [1.165, 1.54) is 0 Å². The van der Waals surface area contributed by atoms with Crippen LogP contribution < -0.4 is 16.0 Å². The molecule has 0 aliphatic carbocycles. The van der Waals surface area contributed by atoms with Gasteiger partial charge in [0.25, 0.3) is 0 Å². The van der Waals surface area contributed by atoms with E-state index >= 15 is 0 Å².